The minimum absolute atomic E-state index is 0.127. The third kappa shape index (κ3) is 3.31. The van der Waals surface area contributed by atoms with Gasteiger partial charge in [-0.25, -0.2) is 0 Å². The van der Waals surface area contributed by atoms with E-state index < -0.39 is 10.1 Å². The molecule has 0 aromatic carbocycles. The largest absolute Gasteiger partial charge is 0.401 e. The third-order valence-corrected chi connectivity index (χ3v) is 4.20. The molecule has 0 amide bonds. The van der Waals surface area contributed by atoms with E-state index in [1.54, 1.807) is 22.6 Å². The lowest BCUT2D eigenvalue weighted by Gasteiger charge is -2.09. The molecule has 1 atom stereocenters. The molecule has 0 aromatic rings. The summed E-state index contributed by atoms with van der Waals surface area (Å²) in [6, 6.07) is 0. The van der Waals surface area contributed by atoms with E-state index in [1.165, 1.54) is 22.6 Å². The van der Waals surface area contributed by atoms with Gasteiger partial charge in [-0.15, -0.1) is 0 Å². The average molecular weight is 350 g/mol. The molecule has 0 rings (SSSR count). The van der Waals surface area contributed by atoms with E-state index in [2.05, 4.69) is 0 Å². The molecule has 0 saturated heterocycles. The first kappa shape index (κ1) is 9.25. The maximum Gasteiger partial charge on any atom is 0.401 e. The zero-order valence-electron chi connectivity index (χ0n) is 3.67. The Kier molecular flexibility index (Phi) is 3.96. The first-order valence-electron chi connectivity index (χ1n) is 1.75. The van der Waals surface area contributed by atoms with Crippen molar-refractivity contribution < 1.29 is 13.2 Å². The van der Waals surface area contributed by atoms with Crippen LogP contribution in [-0.2, 0) is 0 Å². The van der Waals surface area contributed by atoms with Crippen LogP contribution in [0.25, 0.3) is 0 Å². The fourth-order valence-electron chi connectivity index (χ4n) is 0.0875. The summed E-state index contributed by atoms with van der Waals surface area (Å²) in [6.07, 6.45) is -4.01. The lowest BCUT2D eigenvalue weighted by atomic mass is 10.5. The van der Waals surface area contributed by atoms with Gasteiger partial charge in [0.15, 0.2) is 0 Å². The predicted molar refractivity (Wildman–Crippen MR) is 42.8 cm³/mol. The Bertz CT molecular complexity index is 69.4. The molecule has 1 unspecified atom stereocenters. The molecule has 0 heterocycles. The van der Waals surface area contributed by atoms with Crippen LogP contribution in [0.1, 0.15) is 0 Å². The summed E-state index contributed by atoms with van der Waals surface area (Å²) >= 11 is 3.09. The van der Waals surface area contributed by atoms with E-state index in [0.717, 1.165) is 0 Å². The standard InChI is InChI=1S/C3H3F3I2/c4-3(5,6)2(8)1-7/h2H,1H2. The number of alkyl halides is 5. The second kappa shape index (κ2) is 3.43. The van der Waals surface area contributed by atoms with Crippen LogP contribution in [0.5, 0.6) is 0 Å². The van der Waals surface area contributed by atoms with Gasteiger partial charge in [-0.2, -0.15) is 13.2 Å². The van der Waals surface area contributed by atoms with E-state index in [-0.39, 0.29) is 4.43 Å². The predicted octanol–water partition coefficient (Wildman–Crippen LogP) is 2.79. The maximum atomic E-state index is 11.4. The number of hydrogen-bond donors (Lipinski definition) is 0. The molecule has 0 aliphatic rings. The second-order valence-corrected chi connectivity index (χ2v) is 3.55. The van der Waals surface area contributed by atoms with E-state index in [1.807, 2.05) is 0 Å². The van der Waals surface area contributed by atoms with Gasteiger partial charge in [0, 0.05) is 4.43 Å². The summed E-state index contributed by atoms with van der Waals surface area (Å²) in [5, 5.41) is 0. The highest BCUT2D eigenvalue weighted by Crippen LogP contribution is 2.27. The Balaban J connectivity index is 3.62. The summed E-state index contributed by atoms with van der Waals surface area (Å²) in [5.41, 5.74) is 0. The van der Waals surface area contributed by atoms with Gasteiger partial charge in [-0.1, -0.05) is 45.2 Å². The van der Waals surface area contributed by atoms with Crippen LogP contribution in [-0.4, -0.2) is 14.5 Å². The van der Waals surface area contributed by atoms with Gasteiger partial charge in [0.2, 0.25) is 0 Å². The van der Waals surface area contributed by atoms with Gasteiger partial charge in [-0.3, -0.25) is 0 Å². The molecule has 0 aliphatic carbocycles. The molecular weight excluding hydrogens is 347 g/mol. The molecule has 0 N–H and O–H groups in total. The van der Waals surface area contributed by atoms with Crippen molar-refractivity contribution in [2.45, 2.75) is 10.1 Å². The van der Waals surface area contributed by atoms with E-state index in [4.69, 9.17) is 0 Å². The summed E-state index contributed by atoms with van der Waals surface area (Å²) in [6.45, 7) is 0. The minimum Gasteiger partial charge on any atom is -0.170 e. The highest BCUT2D eigenvalue weighted by atomic mass is 127. The van der Waals surface area contributed by atoms with Gasteiger partial charge in [0.25, 0.3) is 0 Å². The zero-order valence-corrected chi connectivity index (χ0v) is 7.99. The molecule has 0 aliphatic heterocycles. The second-order valence-electron chi connectivity index (χ2n) is 1.16. The molecule has 0 bridgehead atoms. The Morgan fingerprint density at radius 3 is 1.75 bits per heavy atom. The first-order valence-corrected chi connectivity index (χ1v) is 4.52. The highest BCUT2D eigenvalue weighted by molar-refractivity contribution is 14.1. The maximum absolute atomic E-state index is 11.4. The molecular formula is C3H3F3I2. The molecule has 50 valence electrons. The molecule has 0 radical (unpaired) electrons. The quantitative estimate of drug-likeness (QED) is 0.504. The monoisotopic (exact) mass is 350 g/mol. The average Bonchev–Trinajstić information content (AvgIpc) is 1.62. The molecule has 0 saturated carbocycles. The van der Waals surface area contributed by atoms with Crippen molar-refractivity contribution in [2.24, 2.45) is 0 Å². The third-order valence-electron chi connectivity index (χ3n) is 0.491. The van der Waals surface area contributed by atoms with Crippen LogP contribution >= 0.6 is 45.2 Å². The van der Waals surface area contributed by atoms with Crippen LogP contribution in [0.2, 0.25) is 0 Å². The van der Waals surface area contributed by atoms with Crippen LogP contribution < -0.4 is 0 Å². The normalized spacial score (nSPS) is 16.1. The summed E-state index contributed by atoms with van der Waals surface area (Å²) < 4.78 is 33.2. The Hall–Kier alpha value is 1.25. The van der Waals surface area contributed by atoms with Gasteiger partial charge < -0.3 is 0 Å². The lowest BCUT2D eigenvalue weighted by molar-refractivity contribution is -0.120. The van der Waals surface area contributed by atoms with Gasteiger partial charge in [0.05, 0.1) is 0 Å². The van der Waals surface area contributed by atoms with E-state index >= 15 is 0 Å². The summed E-state index contributed by atoms with van der Waals surface area (Å²) in [7, 11) is 0. The van der Waals surface area contributed by atoms with E-state index in [0.29, 0.717) is 0 Å². The summed E-state index contributed by atoms with van der Waals surface area (Å²) in [5.74, 6) is 0. The first-order chi connectivity index (χ1) is 3.48. The fourth-order valence-corrected chi connectivity index (χ4v) is 0.587. The molecule has 0 spiro atoms. The number of halogens is 5. The van der Waals surface area contributed by atoms with Crippen LogP contribution in [0.15, 0.2) is 0 Å². The smallest absolute Gasteiger partial charge is 0.170 e. The molecule has 8 heavy (non-hydrogen) atoms. The van der Waals surface area contributed by atoms with Crippen molar-refractivity contribution in [3.8, 4) is 0 Å². The summed E-state index contributed by atoms with van der Waals surface area (Å²) in [4.78, 5) is 0. The van der Waals surface area contributed by atoms with Crippen molar-refractivity contribution in [1.82, 2.24) is 0 Å². The molecule has 0 aromatic heterocycles. The number of hydrogen-bond acceptors (Lipinski definition) is 0. The van der Waals surface area contributed by atoms with Crippen LogP contribution in [0.3, 0.4) is 0 Å². The van der Waals surface area contributed by atoms with Crippen molar-refractivity contribution >= 4 is 45.2 Å². The van der Waals surface area contributed by atoms with Gasteiger partial charge in [0.1, 0.15) is 3.92 Å². The van der Waals surface area contributed by atoms with Gasteiger partial charge >= 0.3 is 6.18 Å². The van der Waals surface area contributed by atoms with E-state index in [9.17, 15) is 13.2 Å². The topological polar surface area (TPSA) is 0 Å². The Morgan fingerprint density at radius 1 is 1.38 bits per heavy atom. The zero-order chi connectivity index (χ0) is 6.78. The molecule has 5 heteroatoms. The van der Waals surface area contributed by atoms with Gasteiger partial charge in [-0.05, 0) is 0 Å². The van der Waals surface area contributed by atoms with Crippen molar-refractivity contribution in [3.63, 3.8) is 0 Å². The minimum atomic E-state index is -4.01. The van der Waals surface area contributed by atoms with Crippen molar-refractivity contribution in [1.29, 1.82) is 0 Å². The molecule has 0 nitrogen and oxygen atoms in total. The van der Waals surface area contributed by atoms with Crippen molar-refractivity contribution in [3.05, 3.63) is 0 Å². The Morgan fingerprint density at radius 2 is 1.75 bits per heavy atom. The van der Waals surface area contributed by atoms with Crippen LogP contribution in [0.4, 0.5) is 13.2 Å². The number of rotatable bonds is 1. The fraction of sp³-hybridized carbons (Fsp3) is 1.00. The lowest BCUT2D eigenvalue weighted by Crippen LogP contribution is -2.23. The molecule has 0 fully saturated rings. The SMILES string of the molecule is FC(F)(F)C(I)CI. The Labute approximate surface area is 72.5 Å². The van der Waals surface area contributed by atoms with Crippen molar-refractivity contribution in [2.75, 3.05) is 4.43 Å². The van der Waals surface area contributed by atoms with Crippen LogP contribution in [0, 0.1) is 0 Å². The highest BCUT2D eigenvalue weighted by Gasteiger charge is 2.36.